The normalized spacial score (nSPS) is 12.7. The van der Waals surface area contributed by atoms with E-state index in [1.165, 1.54) is 22.2 Å². The Labute approximate surface area is 230 Å². The van der Waals surface area contributed by atoms with Gasteiger partial charge in [-0.1, -0.05) is 71.9 Å². The molecule has 0 aliphatic carbocycles. The van der Waals surface area contributed by atoms with Gasteiger partial charge in [-0.25, -0.2) is 9.13 Å². The zero-order valence-electron chi connectivity index (χ0n) is 24.6. The summed E-state index contributed by atoms with van der Waals surface area (Å²) in [6, 6.07) is 24.1. The van der Waals surface area contributed by atoms with Crippen molar-refractivity contribution < 1.29 is 8.98 Å². The molecule has 6 rings (SSSR count). The molecule has 0 aliphatic rings. The molecular weight excluding hydrogens is 478 g/mol. The van der Waals surface area contributed by atoms with E-state index < -0.39 is 0 Å². The second-order valence-electron chi connectivity index (χ2n) is 13.0. The molecule has 0 radical (unpaired) electrons. The lowest BCUT2D eigenvalue weighted by atomic mass is 9.85. The van der Waals surface area contributed by atoms with Crippen molar-refractivity contribution in [2.45, 2.75) is 59.3 Å². The van der Waals surface area contributed by atoms with E-state index in [1.807, 2.05) is 0 Å². The van der Waals surface area contributed by atoms with E-state index in [4.69, 9.17) is 9.40 Å². The van der Waals surface area contributed by atoms with Crippen LogP contribution in [0.15, 0.2) is 71.1 Å². The SMILES string of the molecule is Cc1ccc2c(oc3cc(-c4cc(C(C)(C)C)nc(C(C)(C)C)c4)ccc32)c1-c1n(C)c2ccccc2[n+]1C. The van der Waals surface area contributed by atoms with Gasteiger partial charge in [0.05, 0.1) is 14.1 Å². The van der Waals surface area contributed by atoms with E-state index >= 15 is 0 Å². The van der Waals surface area contributed by atoms with Crippen LogP contribution in [0.25, 0.3) is 55.5 Å². The minimum atomic E-state index is -0.0416. The summed E-state index contributed by atoms with van der Waals surface area (Å²) >= 11 is 0. The first kappa shape index (κ1) is 25.4. The van der Waals surface area contributed by atoms with Gasteiger partial charge in [0, 0.05) is 33.0 Å². The number of para-hydroxylation sites is 2. The molecule has 0 amide bonds. The highest BCUT2D eigenvalue weighted by Crippen LogP contribution is 2.40. The van der Waals surface area contributed by atoms with Crippen LogP contribution >= 0.6 is 0 Å². The predicted octanol–water partition coefficient (Wildman–Crippen LogP) is 8.53. The molecule has 3 aromatic heterocycles. The zero-order chi connectivity index (χ0) is 27.9. The van der Waals surface area contributed by atoms with Crippen molar-refractivity contribution in [3.63, 3.8) is 0 Å². The van der Waals surface area contributed by atoms with E-state index in [-0.39, 0.29) is 10.8 Å². The van der Waals surface area contributed by atoms with Crippen molar-refractivity contribution in [2.24, 2.45) is 14.1 Å². The number of pyridine rings is 1. The van der Waals surface area contributed by atoms with Crippen LogP contribution in [0, 0.1) is 6.92 Å². The monoisotopic (exact) mass is 516 g/mol. The number of hydrogen-bond donors (Lipinski definition) is 0. The van der Waals surface area contributed by atoms with Gasteiger partial charge in [-0.3, -0.25) is 4.98 Å². The second kappa shape index (κ2) is 8.54. The molecule has 0 unspecified atom stereocenters. The number of rotatable bonds is 2. The molecule has 0 fully saturated rings. The molecule has 6 aromatic rings. The van der Waals surface area contributed by atoms with Crippen LogP contribution in [0.3, 0.4) is 0 Å². The van der Waals surface area contributed by atoms with Gasteiger partial charge in [-0.05, 0) is 60.0 Å². The molecule has 4 heteroatoms. The third-order valence-electron chi connectivity index (χ3n) is 8.01. The molecule has 39 heavy (non-hydrogen) atoms. The first-order chi connectivity index (χ1) is 18.3. The molecule has 3 heterocycles. The minimum absolute atomic E-state index is 0.0416. The summed E-state index contributed by atoms with van der Waals surface area (Å²) in [4.78, 5) is 5.06. The van der Waals surface area contributed by atoms with Gasteiger partial charge in [0.2, 0.25) is 0 Å². The Morgan fingerprint density at radius 2 is 1.41 bits per heavy atom. The average molecular weight is 517 g/mol. The van der Waals surface area contributed by atoms with Crippen LogP contribution in [-0.2, 0) is 24.9 Å². The molecule has 0 aliphatic heterocycles. The summed E-state index contributed by atoms with van der Waals surface area (Å²) in [5.74, 6) is 1.14. The number of nitrogens with zero attached hydrogens (tertiary/aromatic N) is 3. The van der Waals surface area contributed by atoms with Crippen molar-refractivity contribution in [1.82, 2.24) is 9.55 Å². The molecule has 0 N–H and O–H groups in total. The lowest BCUT2D eigenvalue weighted by Crippen LogP contribution is -2.30. The number of fused-ring (bicyclic) bond motifs is 4. The fourth-order valence-corrected chi connectivity index (χ4v) is 5.68. The topological polar surface area (TPSA) is 34.8 Å². The second-order valence-corrected chi connectivity index (χ2v) is 13.0. The number of aromatic nitrogens is 3. The van der Waals surface area contributed by atoms with Gasteiger partial charge >= 0.3 is 0 Å². The van der Waals surface area contributed by atoms with Crippen molar-refractivity contribution in [3.05, 3.63) is 83.7 Å². The number of aryl methyl sites for hydroxylation is 3. The summed E-state index contributed by atoms with van der Waals surface area (Å²) in [7, 11) is 4.28. The smallest absolute Gasteiger partial charge is 0.293 e. The molecule has 0 saturated carbocycles. The quantitative estimate of drug-likeness (QED) is 0.216. The highest BCUT2D eigenvalue weighted by Gasteiger charge is 2.28. The fourth-order valence-electron chi connectivity index (χ4n) is 5.68. The number of hydrogen-bond acceptors (Lipinski definition) is 2. The number of furan rings is 1. The average Bonchev–Trinajstić information content (AvgIpc) is 3.37. The van der Waals surface area contributed by atoms with E-state index in [0.717, 1.165) is 50.3 Å². The molecule has 3 aromatic carbocycles. The van der Waals surface area contributed by atoms with E-state index in [9.17, 15) is 0 Å². The molecule has 0 atom stereocenters. The van der Waals surface area contributed by atoms with Crippen LogP contribution in [0.2, 0.25) is 0 Å². The van der Waals surface area contributed by atoms with Crippen LogP contribution < -0.4 is 4.57 Å². The zero-order valence-corrected chi connectivity index (χ0v) is 24.6. The number of imidazole rings is 1. The number of benzene rings is 3. The minimum Gasteiger partial charge on any atom is -0.455 e. The van der Waals surface area contributed by atoms with Crippen molar-refractivity contribution in [1.29, 1.82) is 0 Å². The van der Waals surface area contributed by atoms with E-state index in [1.54, 1.807) is 0 Å². The third-order valence-corrected chi connectivity index (χ3v) is 8.01. The summed E-state index contributed by atoms with van der Waals surface area (Å²) < 4.78 is 11.3. The van der Waals surface area contributed by atoms with Crippen LogP contribution in [0.1, 0.15) is 58.5 Å². The van der Waals surface area contributed by atoms with Crippen molar-refractivity contribution >= 4 is 33.0 Å². The Bertz CT molecular complexity index is 1830. The van der Waals surface area contributed by atoms with Crippen molar-refractivity contribution in [3.8, 4) is 22.5 Å². The molecule has 4 nitrogen and oxygen atoms in total. The summed E-state index contributed by atoms with van der Waals surface area (Å²) in [6.45, 7) is 15.5. The largest absolute Gasteiger partial charge is 0.455 e. The summed E-state index contributed by atoms with van der Waals surface area (Å²) in [6.07, 6.45) is 0. The highest BCUT2D eigenvalue weighted by atomic mass is 16.3. The summed E-state index contributed by atoms with van der Waals surface area (Å²) in [5, 5.41) is 2.28. The predicted molar refractivity (Wildman–Crippen MR) is 162 cm³/mol. The lowest BCUT2D eigenvalue weighted by Gasteiger charge is -2.25. The van der Waals surface area contributed by atoms with Gasteiger partial charge in [0.15, 0.2) is 16.6 Å². The van der Waals surface area contributed by atoms with Gasteiger partial charge in [-0.15, -0.1) is 0 Å². The Balaban J connectivity index is 1.59. The van der Waals surface area contributed by atoms with Crippen LogP contribution in [0.5, 0.6) is 0 Å². The Morgan fingerprint density at radius 1 is 0.769 bits per heavy atom. The fraction of sp³-hybridized carbons (Fsp3) is 0.314. The van der Waals surface area contributed by atoms with Crippen LogP contribution in [-0.4, -0.2) is 9.55 Å². The molecule has 0 saturated heterocycles. The van der Waals surface area contributed by atoms with Crippen molar-refractivity contribution in [2.75, 3.05) is 0 Å². The molecule has 198 valence electrons. The maximum absolute atomic E-state index is 6.74. The summed E-state index contributed by atoms with van der Waals surface area (Å²) in [5.41, 5.74) is 11.0. The first-order valence-corrected chi connectivity index (χ1v) is 13.8. The van der Waals surface area contributed by atoms with Gasteiger partial charge in [0.1, 0.15) is 11.1 Å². The van der Waals surface area contributed by atoms with Gasteiger partial charge < -0.3 is 4.42 Å². The van der Waals surface area contributed by atoms with Crippen LogP contribution in [0.4, 0.5) is 0 Å². The molecule has 0 bridgehead atoms. The van der Waals surface area contributed by atoms with Gasteiger partial charge in [0.25, 0.3) is 5.82 Å². The third kappa shape index (κ3) is 4.05. The Hall–Kier alpha value is -3.92. The maximum atomic E-state index is 6.74. The standard InChI is InChI=1S/C35H38N3O/c1-21-14-16-25-24-17-15-22(23-19-29(34(2,3)4)36-30(20-23)35(5,6)7)18-28(24)39-32(25)31(21)33-37(8)26-12-10-11-13-27(26)38(33)9/h10-20H,1-9H3/q+1. The lowest BCUT2D eigenvalue weighted by molar-refractivity contribution is -0.634. The maximum Gasteiger partial charge on any atom is 0.293 e. The van der Waals surface area contributed by atoms with Gasteiger partial charge in [-0.2, -0.15) is 0 Å². The van der Waals surface area contributed by atoms with E-state index in [0.29, 0.717) is 0 Å². The van der Waals surface area contributed by atoms with E-state index in [2.05, 4.69) is 138 Å². The molecular formula is C35H38N3O+. The highest BCUT2D eigenvalue weighted by molar-refractivity contribution is 6.10. The molecule has 0 spiro atoms. The Kier molecular flexibility index (Phi) is 5.55. The first-order valence-electron chi connectivity index (χ1n) is 13.8. The Morgan fingerprint density at radius 3 is 2.05 bits per heavy atom.